The second-order valence-corrected chi connectivity index (χ2v) is 8.68. The van der Waals surface area contributed by atoms with E-state index in [4.69, 9.17) is 20.6 Å². The number of nitrogens with one attached hydrogen (secondary N) is 4. The van der Waals surface area contributed by atoms with Crippen LogP contribution in [0.3, 0.4) is 0 Å². The van der Waals surface area contributed by atoms with Gasteiger partial charge < -0.3 is 25.8 Å². The van der Waals surface area contributed by atoms with Gasteiger partial charge in [-0.05, 0) is 67.4 Å². The van der Waals surface area contributed by atoms with Gasteiger partial charge in [0.25, 0.3) is 5.91 Å². The normalized spacial score (nSPS) is 11.5. The van der Waals surface area contributed by atoms with Crippen LogP contribution in [0, 0.1) is 12.3 Å². The molecule has 4 aromatic rings. The molecule has 1 atom stereocenters. The van der Waals surface area contributed by atoms with Crippen molar-refractivity contribution in [1.29, 1.82) is 5.41 Å². The largest absolute Gasteiger partial charge is 0.490 e. The van der Waals surface area contributed by atoms with Gasteiger partial charge in [0.2, 0.25) is 0 Å². The summed E-state index contributed by atoms with van der Waals surface area (Å²) in [4.78, 5) is 27.6. The van der Waals surface area contributed by atoms with E-state index < -0.39 is 6.04 Å². The van der Waals surface area contributed by atoms with Crippen LogP contribution in [0.5, 0.6) is 11.5 Å². The molecule has 0 aliphatic rings. The number of anilines is 1. The lowest BCUT2D eigenvalue weighted by Gasteiger charge is -2.20. The van der Waals surface area contributed by atoms with E-state index in [9.17, 15) is 9.59 Å². The summed E-state index contributed by atoms with van der Waals surface area (Å²) in [5, 5.41) is 18.2. The van der Waals surface area contributed by atoms with Crippen LogP contribution in [0.2, 0.25) is 0 Å². The molecule has 1 unspecified atom stereocenters. The van der Waals surface area contributed by atoms with Crippen molar-refractivity contribution in [2.24, 2.45) is 5.73 Å². The number of carbonyl (C=O) groups excluding carboxylic acids is 1. The van der Waals surface area contributed by atoms with Gasteiger partial charge in [-0.2, -0.15) is 4.68 Å². The van der Waals surface area contributed by atoms with Gasteiger partial charge in [0, 0.05) is 18.3 Å². The van der Waals surface area contributed by atoms with E-state index in [-0.39, 0.29) is 24.0 Å². The van der Waals surface area contributed by atoms with Crippen molar-refractivity contribution in [1.82, 2.24) is 20.1 Å². The number of nitrogen functional groups attached to an aromatic ring is 1. The molecule has 1 aromatic heterocycles. The third-order valence-electron chi connectivity index (χ3n) is 6.00. The minimum absolute atomic E-state index is 0.0342. The van der Waals surface area contributed by atoms with Crippen LogP contribution in [-0.4, -0.2) is 46.8 Å². The number of likely N-dealkylation sites (N-methyl/N-ethyl adjacent to an activating group) is 1. The Morgan fingerprint density at radius 3 is 2.51 bits per heavy atom. The number of amidine groups is 1. The zero-order chi connectivity index (χ0) is 27.9. The number of carbonyl (C=O) groups is 1. The van der Waals surface area contributed by atoms with Crippen molar-refractivity contribution < 1.29 is 14.3 Å². The van der Waals surface area contributed by atoms with Gasteiger partial charge in [-0.25, -0.2) is 4.79 Å². The number of aromatic nitrogens is 3. The van der Waals surface area contributed by atoms with E-state index in [1.807, 2.05) is 44.2 Å². The summed E-state index contributed by atoms with van der Waals surface area (Å²) in [5.41, 5.74) is 8.83. The number of aryl methyl sites for hydroxylation is 1. The fraction of sp³-hybridized carbons (Fsp3) is 0.214. The van der Waals surface area contributed by atoms with E-state index in [1.54, 1.807) is 36.4 Å². The summed E-state index contributed by atoms with van der Waals surface area (Å²) in [6.07, 6.45) is 0. The highest BCUT2D eigenvalue weighted by atomic mass is 16.5. The standard InChI is InChI=1S/C28H31N7O4/c1-4-38-23-15-19(11-14-22(23)39-16-24(36)31-3)25(32-20-12-9-18(10-13-20)26(29)30)27-33-28(37)35(34-27)21-8-6-5-7-17(21)2/h5-15,25,32H,4,16H2,1-3H3,(H3,29,30)(H,31,36)(H,33,34,37). The highest BCUT2D eigenvalue weighted by Gasteiger charge is 2.23. The molecule has 3 aromatic carbocycles. The molecule has 6 N–H and O–H groups in total. The summed E-state index contributed by atoms with van der Waals surface area (Å²) >= 11 is 0. The third kappa shape index (κ3) is 6.27. The van der Waals surface area contributed by atoms with Gasteiger partial charge in [0.15, 0.2) is 23.9 Å². The number of para-hydroxylation sites is 1. The maximum Gasteiger partial charge on any atom is 0.348 e. The molecule has 4 rings (SSSR count). The second kappa shape index (κ2) is 12.0. The lowest BCUT2D eigenvalue weighted by atomic mass is 10.0. The van der Waals surface area contributed by atoms with Crippen LogP contribution in [0.15, 0.2) is 71.5 Å². The molecule has 202 valence electrons. The van der Waals surface area contributed by atoms with Gasteiger partial charge in [0.1, 0.15) is 11.9 Å². The fourth-order valence-corrected chi connectivity index (χ4v) is 3.96. The Morgan fingerprint density at radius 2 is 1.85 bits per heavy atom. The summed E-state index contributed by atoms with van der Waals surface area (Å²) in [7, 11) is 1.54. The first-order valence-electron chi connectivity index (χ1n) is 12.4. The number of benzene rings is 3. The Morgan fingerprint density at radius 1 is 1.10 bits per heavy atom. The maximum absolute atomic E-state index is 13.0. The molecule has 39 heavy (non-hydrogen) atoms. The minimum Gasteiger partial charge on any atom is -0.490 e. The van der Waals surface area contributed by atoms with Crippen molar-refractivity contribution in [2.45, 2.75) is 19.9 Å². The zero-order valence-corrected chi connectivity index (χ0v) is 21.9. The van der Waals surface area contributed by atoms with Crippen molar-refractivity contribution in [3.63, 3.8) is 0 Å². The van der Waals surface area contributed by atoms with E-state index in [2.05, 4.69) is 20.7 Å². The molecule has 0 radical (unpaired) electrons. The zero-order valence-electron chi connectivity index (χ0n) is 21.9. The van der Waals surface area contributed by atoms with E-state index in [0.717, 1.165) is 11.1 Å². The molecule has 11 nitrogen and oxygen atoms in total. The minimum atomic E-state index is -0.599. The average Bonchev–Trinajstić information content (AvgIpc) is 3.32. The number of amides is 1. The Bertz CT molecular complexity index is 1530. The first-order chi connectivity index (χ1) is 18.8. The van der Waals surface area contributed by atoms with Gasteiger partial charge >= 0.3 is 5.69 Å². The lowest BCUT2D eigenvalue weighted by Crippen LogP contribution is -2.25. The number of H-pyrrole nitrogens is 1. The molecule has 0 bridgehead atoms. The van der Waals surface area contributed by atoms with Crippen molar-refractivity contribution in [3.8, 4) is 17.2 Å². The van der Waals surface area contributed by atoms with Crippen LogP contribution in [-0.2, 0) is 4.79 Å². The highest BCUT2D eigenvalue weighted by molar-refractivity contribution is 5.95. The average molecular weight is 530 g/mol. The van der Waals surface area contributed by atoms with Crippen LogP contribution >= 0.6 is 0 Å². The van der Waals surface area contributed by atoms with Crippen LogP contribution < -0.4 is 31.5 Å². The van der Waals surface area contributed by atoms with Crippen molar-refractivity contribution in [2.75, 3.05) is 25.6 Å². The van der Waals surface area contributed by atoms with Gasteiger partial charge in [0.05, 0.1) is 12.3 Å². The molecule has 1 amide bonds. The van der Waals surface area contributed by atoms with Crippen LogP contribution in [0.4, 0.5) is 5.69 Å². The number of ether oxygens (including phenoxy) is 2. The molecule has 1 heterocycles. The fourth-order valence-electron chi connectivity index (χ4n) is 3.96. The summed E-state index contributed by atoms with van der Waals surface area (Å²) in [6.45, 7) is 3.98. The smallest absolute Gasteiger partial charge is 0.348 e. The number of rotatable bonds is 11. The Kier molecular flexibility index (Phi) is 8.30. The van der Waals surface area contributed by atoms with Crippen molar-refractivity contribution >= 4 is 17.4 Å². The number of nitrogens with zero attached hydrogens (tertiary/aromatic N) is 2. The maximum atomic E-state index is 13.0. The van der Waals surface area contributed by atoms with Gasteiger partial charge in [-0.15, -0.1) is 5.10 Å². The molecule has 0 aliphatic carbocycles. The Labute approximate surface area is 225 Å². The Balaban J connectivity index is 1.77. The Hall–Kier alpha value is -5.06. The molecule has 11 heteroatoms. The molecule has 0 fully saturated rings. The topological polar surface area (TPSA) is 160 Å². The second-order valence-electron chi connectivity index (χ2n) is 8.68. The van der Waals surface area contributed by atoms with E-state index in [0.29, 0.717) is 40.9 Å². The van der Waals surface area contributed by atoms with Gasteiger partial charge in [-0.3, -0.25) is 15.2 Å². The quantitative estimate of drug-likeness (QED) is 0.147. The molecular weight excluding hydrogens is 498 g/mol. The number of hydrogen-bond acceptors (Lipinski definition) is 7. The summed E-state index contributed by atoms with van der Waals surface area (Å²) in [6, 6.07) is 19.3. The molecule has 0 aliphatic heterocycles. The first-order valence-corrected chi connectivity index (χ1v) is 12.4. The predicted octanol–water partition coefficient (Wildman–Crippen LogP) is 2.88. The summed E-state index contributed by atoms with van der Waals surface area (Å²) in [5.74, 6) is 0.925. The SMILES string of the molecule is CCOc1cc(C(Nc2ccc(C(=N)N)cc2)c2nn(-c3ccccc3C)c(=O)[nH]2)ccc1OCC(=O)NC. The van der Waals surface area contributed by atoms with E-state index in [1.165, 1.54) is 11.7 Å². The van der Waals surface area contributed by atoms with Crippen LogP contribution in [0.1, 0.15) is 35.5 Å². The molecular formula is C28H31N7O4. The first kappa shape index (κ1) is 27.0. The number of hydrogen-bond donors (Lipinski definition) is 5. The summed E-state index contributed by atoms with van der Waals surface area (Å²) < 4.78 is 12.8. The molecule has 0 spiro atoms. The monoisotopic (exact) mass is 529 g/mol. The third-order valence-corrected chi connectivity index (χ3v) is 6.00. The molecule has 0 saturated carbocycles. The predicted molar refractivity (Wildman–Crippen MR) is 149 cm³/mol. The van der Waals surface area contributed by atoms with E-state index >= 15 is 0 Å². The lowest BCUT2D eigenvalue weighted by molar-refractivity contribution is -0.122. The molecule has 0 saturated heterocycles. The number of nitrogens with two attached hydrogens (primary N) is 1. The van der Waals surface area contributed by atoms with Gasteiger partial charge in [-0.1, -0.05) is 24.3 Å². The van der Waals surface area contributed by atoms with Crippen LogP contribution in [0.25, 0.3) is 5.69 Å². The number of aromatic amines is 1. The van der Waals surface area contributed by atoms with Crippen molar-refractivity contribution in [3.05, 3.63) is 99.7 Å². The highest BCUT2D eigenvalue weighted by Crippen LogP contribution is 2.33.